The summed E-state index contributed by atoms with van der Waals surface area (Å²) in [4.78, 5) is 32.4. The van der Waals surface area contributed by atoms with Gasteiger partial charge in [-0.1, -0.05) is 11.6 Å². The third-order valence-electron chi connectivity index (χ3n) is 5.27. The molecule has 2 aromatic rings. The fourth-order valence-corrected chi connectivity index (χ4v) is 3.70. The molecule has 160 valence electrons. The second-order valence-electron chi connectivity index (χ2n) is 7.40. The standard InChI is InChI=1S/C19H19ClF3N5O2/c20-16-14(26-6-1-7-27(9-8-26)17(29)12-2-3-12)11-25-28(18(16)30)15-5-4-13(10-24-15)19(21,22)23/h4-5,10-12H,1-3,6-9H2. The maximum Gasteiger partial charge on any atom is 0.417 e. The van der Waals surface area contributed by atoms with Crippen LogP contribution in [-0.2, 0) is 11.0 Å². The van der Waals surface area contributed by atoms with Gasteiger partial charge in [0, 0.05) is 38.3 Å². The minimum Gasteiger partial charge on any atom is -0.367 e. The van der Waals surface area contributed by atoms with Crippen LogP contribution in [0.2, 0.25) is 5.02 Å². The van der Waals surface area contributed by atoms with E-state index >= 15 is 0 Å². The molecule has 0 N–H and O–H groups in total. The molecule has 1 amide bonds. The van der Waals surface area contributed by atoms with E-state index in [9.17, 15) is 22.8 Å². The predicted octanol–water partition coefficient (Wildman–Crippen LogP) is 2.75. The summed E-state index contributed by atoms with van der Waals surface area (Å²) in [7, 11) is 0. The summed E-state index contributed by atoms with van der Waals surface area (Å²) in [5.74, 6) is 0.283. The maximum atomic E-state index is 12.7. The van der Waals surface area contributed by atoms with E-state index in [1.54, 1.807) is 0 Å². The molecule has 7 nitrogen and oxygen atoms in total. The van der Waals surface area contributed by atoms with Crippen LogP contribution in [0.4, 0.5) is 18.9 Å². The van der Waals surface area contributed by atoms with Crippen molar-refractivity contribution < 1.29 is 18.0 Å². The van der Waals surface area contributed by atoms with Crippen molar-refractivity contribution in [2.75, 3.05) is 31.1 Å². The minimum absolute atomic E-state index is 0.0569. The monoisotopic (exact) mass is 441 g/mol. The van der Waals surface area contributed by atoms with Gasteiger partial charge in [-0.3, -0.25) is 9.59 Å². The van der Waals surface area contributed by atoms with Crippen molar-refractivity contribution in [2.24, 2.45) is 5.92 Å². The van der Waals surface area contributed by atoms with Gasteiger partial charge >= 0.3 is 6.18 Å². The highest BCUT2D eigenvalue weighted by Gasteiger charge is 2.34. The van der Waals surface area contributed by atoms with Crippen LogP contribution in [0.1, 0.15) is 24.8 Å². The van der Waals surface area contributed by atoms with E-state index in [1.807, 2.05) is 9.80 Å². The number of amides is 1. The molecule has 1 aliphatic carbocycles. The van der Waals surface area contributed by atoms with Crippen LogP contribution in [0.15, 0.2) is 29.3 Å². The van der Waals surface area contributed by atoms with Crippen molar-refractivity contribution in [3.63, 3.8) is 0 Å². The zero-order valence-electron chi connectivity index (χ0n) is 15.9. The van der Waals surface area contributed by atoms with Crippen LogP contribution in [0, 0.1) is 5.92 Å². The quantitative estimate of drug-likeness (QED) is 0.732. The molecule has 30 heavy (non-hydrogen) atoms. The molecule has 0 aromatic carbocycles. The Morgan fingerprint density at radius 3 is 2.50 bits per heavy atom. The van der Waals surface area contributed by atoms with Crippen molar-refractivity contribution >= 4 is 23.2 Å². The second-order valence-corrected chi connectivity index (χ2v) is 7.78. The highest BCUT2D eigenvalue weighted by Crippen LogP contribution is 2.32. The third-order valence-corrected chi connectivity index (χ3v) is 5.62. The van der Waals surface area contributed by atoms with Crippen molar-refractivity contribution in [1.29, 1.82) is 0 Å². The molecule has 2 aromatic heterocycles. The topological polar surface area (TPSA) is 71.3 Å². The molecule has 2 aliphatic rings. The van der Waals surface area contributed by atoms with E-state index in [1.165, 1.54) is 6.20 Å². The minimum atomic E-state index is -4.52. The van der Waals surface area contributed by atoms with Crippen LogP contribution in [-0.4, -0.2) is 51.8 Å². The first-order valence-electron chi connectivity index (χ1n) is 9.61. The first-order chi connectivity index (χ1) is 14.3. The van der Waals surface area contributed by atoms with E-state index < -0.39 is 17.3 Å². The average molecular weight is 442 g/mol. The van der Waals surface area contributed by atoms with Crippen molar-refractivity contribution in [3.8, 4) is 5.82 Å². The molecule has 3 heterocycles. The Labute approximate surface area is 175 Å². The van der Waals surface area contributed by atoms with Gasteiger partial charge in [0.1, 0.15) is 5.02 Å². The molecule has 2 fully saturated rings. The lowest BCUT2D eigenvalue weighted by molar-refractivity contribution is -0.137. The SMILES string of the molecule is O=C(C1CC1)N1CCCN(c2cnn(-c3ccc(C(F)(F)F)cn3)c(=O)c2Cl)CC1. The molecular weight excluding hydrogens is 423 g/mol. The Bertz CT molecular complexity index is 1000. The van der Waals surface area contributed by atoms with E-state index in [0.29, 0.717) is 38.1 Å². The number of carbonyl (C=O) groups is 1. The normalized spacial score (nSPS) is 17.7. The van der Waals surface area contributed by atoms with E-state index in [2.05, 4.69) is 10.1 Å². The van der Waals surface area contributed by atoms with Gasteiger partial charge in [0.25, 0.3) is 5.56 Å². The summed E-state index contributed by atoms with van der Waals surface area (Å²) in [6, 6.07) is 1.90. The number of rotatable bonds is 3. The Morgan fingerprint density at radius 1 is 1.10 bits per heavy atom. The smallest absolute Gasteiger partial charge is 0.367 e. The Hall–Kier alpha value is -2.62. The third kappa shape index (κ3) is 4.14. The molecule has 1 saturated heterocycles. The molecule has 0 atom stereocenters. The number of halogens is 4. The lowest BCUT2D eigenvalue weighted by atomic mass is 10.3. The number of pyridine rings is 1. The number of nitrogens with zero attached hydrogens (tertiary/aromatic N) is 5. The van der Waals surface area contributed by atoms with E-state index in [4.69, 9.17) is 11.6 Å². The lowest BCUT2D eigenvalue weighted by Crippen LogP contribution is -2.36. The van der Waals surface area contributed by atoms with Gasteiger partial charge in [0.2, 0.25) is 5.91 Å². The van der Waals surface area contributed by atoms with Gasteiger partial charge in [-0.2, -0.15) is 23.0 Å². The number of aromatic nitrogens is 3. The summed E-state index contributed by atoms with van der Waals surface area (Å²) >= 11 is 6.29. The van der Waals surface area contributed by atoms with Crippen LogP contribution in [0.3, 0.4) is 0 Å². The Kier molecular flexibility index (Phi) is 5.44. The fraction of sp³-hybridized carbons (Fsp3) is 0.474. The van der Waals surface area contributed by atoms with Gasteiger partial charge in [-0.05, 0) is 31.4 Å². The van der Waals surface area contributed by atoms with Crippen molar-refractivity contribution in [1.82, 2.24) is 19.7 Å². The largest absolute Gasteiger partial charge is 0.417 e. The zero-order valence-corrected chi connectivity index (χ0v) is 16.7. The predicted molar refractivity (Wildman–Crippen MR) is 104 cm³/mol. The first-order valence-corrected chi connectivity index (χ1v) is 9.98. The zero-order chi connectivity index (χ0) is 21.5. The number of hydrogen-bond acceptors (Lipinski definition) is 5. The number of anilines is 1. The molecule has 0 spiro atoms. The van der Waals surface area contributed by atoms with Crippen LogP contribution in [0.25, 0.3) is 5.82 Å². The van der Waals surface area contributed by atoms with Crippen LogP contribution < -0.4 is 10.5 Å². The van der Waals surface area contributed by atoms with Gasteiger partial charge in [-0.15, -0.1) is 0 Å². The number of carbonyl (C=O) groups excluding carboxylic acids is 1. The first kappa shape index (κ1) is 20.6. The van der Waals surface area contributed by atoms with Crippen molar-refractivity contribution in [3.05, 3.63) is 45.5 Å². The summed E-state index contributed by atoms with van der Waals surface area (Å²) in [5, 5.41) is 3.96. The Balaban J connectivity index is 1.54. The van der Waals surface area contributed by atoms with Gasteiger partial charge in [0.05, 0.1) is 17.4 Å². The average Bonchev–Trinajstić information content (AvgIpc) is 3.56. The second kappa shape index (κ2) is 7.90. The van der Waals surface area contributed by atoms with Gasteiger partial charge in [-0.25, -0.2) is 4.98 Å². The maximum absolute atomic E-state index is 12.7. The van der Waals surface area contributed by atoms with Gasteiger partial charge in [0.15, 0.2) is 5.82 Å². The molecule has 1 aliphatic heterocycles. The number of alkyl halides is 3. The molecule has 4 rings (SSSR count). The molecule has 0 unspecified atom stereocenters. The highest BCUT2D eigenvalue weighted by atomic mass is 35.5. The van der Waals surface area contributed by atoms with Gasteiger partial charge < -0.3 is 9.80 Å². The molecule has 0 bridgehead atoms. The summed E-state index contributed by atoms with van der Waals surface area (Å²) < 4.78 is 39.0. The summed E-state index contributed by atoms with van der Waals surface area (Å²) in [5.41, 5.74) is -1.15. The molecule has 11 heteroatoms. The molecule has 0 radical (unpaired) electrons. The lowest BCUT2D eigenvalue weighted by Gasteiger charge is -2.24. The Morgan fingerprint density at radius 2 is 1.87 bits per heavy atom. The van der Waals surface area contributed by atoms with Crippen molar-refractivity contribution in [2.45, 2.75) is 25.4 Å². The fourth-order valence-electron chi connectivity index (χ4n) is 3.45. The molecule has 1 saturated carbocycles. The van der Waals surface area contributed by atoms with E-state index in [-0.39, 0.29) is 22.7 Å². The highest BCUT2D eigenvalue weighted by molar-refractivity contribution is 6.33. The van der Waals surface area contributed by atoms with Crippen LogP contribution >= 0.6 is 11.6 Å². The molecular formula is C19H19ClF3N5O2. The van der Waals surface area contributed by atoms with E-state index in [0.717, 1.165) is 36.1 Å². The number of hydrogen-bond donors (Lipinski definition) is 0. The summed E-state index contributed by atoms with van der Waals surface area (Å²) in [6.45, 7) is 2.32. The summed E-state index contributed by atoms with van der Waals surface area (Å²) in [6.07, 6.45) is 0.161. The van der Waals surface area contributed by atoms with Crippen LogP contribution in [0.5, 0.6) is 0 Å².